The molecule has 0 bridgehead atoms. The monoisotopic (exact) mass is 335 g/mol. The van der Waals surface area contributed by atoms with E-state index in [1.54, 1.807) is 0 Å². The van der Waals surface area contributed by atoms with E-state index in [9.17, 15) is 0 Å². The third-order valence-corrected chi connectivity index (χ3v) is 4.75. The van der Waals surface area contributed by atoms with Crippen molar-refractivity contribution in [2.45, 2.75) is 58.3 Å². The van der Waals surface area contributed by atoms with Crippen LogP contribution in [0.5, 0.6) is 0 Å². The van der Waals surface area contributed by atoms with Crippen molar-refractivity contribution in [1.29, 1.82) is 0 Å². The first kappa shape index (κ1) is 17.7. The van der Waals surface area contributed by atoms with E-state index in [1.165, 1.54) is 51.4 Å². The molecule has 0 atom stereocenters. The van der Waals surface area contributed by atoms with Crippen LogP contribution in [0.4, 0.5) is 0 Å². The molecule has 2 heterocycles. The van der Waals surface area contributed by atoms with E-state index in [1.807, 2.05) is 24.3 Å². The number of allylic oxidation sites excluding steroid dienone is 3. The summed E-state index contributed by atoms with van der Waals surface area (Å²) in [6.45, 7) is 3.37. The molecule has 1 aromatic carbocycles. The zero-order valence-corrected chi connectivity index (χ0v) is 15.3. The number of fused-ring (bicyclic) bond motifs is 1. The van der Waals surface area contributed by atoms with Crippen molar-refractivity contribution in [3.63, 3.8) is 0 Å². The molecule has 0 N–H and O–H groups in total. The number of hydrogen-bond donors (Lipinski definition) is 0. The van der Waals surface area contributed by atoms with Gasteiger partial charge < -0.3 is 4.90 Å². The first-order valence-electron chi connectivity index (χ1n) is 9.76. The molecule has 3 nitrogen and oxygen atoms in total. The van der Waals surface area contributed by atoms with Gasteiger partial charge in [-0.3, -0.25) is 0 Å². The minimum Gasteiger partial charge on any atom is -0.354 e. The van der Waals surface area contributed by atoms with E-state index in [4.69, 9.17) is 0 Å². The molecule has 0 fully saturated rings. The molecule has 0 aliphatic carbocycles. The number of para-hydroxylation sites is 2. The Bertz CT molecular complexity index is 718. The Labute approximate surface area is 151 Å². The lowest BCUT2D eigenvalue weighted by Gasteiger charge is -2.18. The zero-order chi connectivity index (χ0) is 17.3. The number of hydrogen-bond acceptors (Lipinski definition) is 3. The molecule has 0 aromatic heterocycles. The molecule has 2 aliphatic rings. The highest BCUT2D eigenvalue weighted by atomic mass is 15.1. The van der Waals surface area contributed by atoms with Crippen molar-refractivity contribution in [3.05, 3.63) is 70.9 Å². The van der Waals surface area contributed by atoms with Gasteiger partial charge in [0.2, 0.25) is 0 Å². The highest BCUT2D eigenvalue weighted by Crippen LogP contribution is 2.17. The summed E-state index contributed by atoms with van der Waals surface area (Å²) < 4.78 is 0. The molecule has 3 rings (SSSR count). The largest absolute Gasteiger partial charge is 0.354 e. The van der Waals surface area contributed by atoms with Gasteiger partial charge in [-0.2, -0.15) is 0 Å². The average Bonchev–Trinajstić information content (AvgIpc) is 3.08. The van der Waals surface area contributed by atoms with Crippen LogP contribution in [0.1, 0.15) is 58.3 Å². The van der Waals surface area contributed by atoms with Gasteiger partial charge in [0.1, 0.15) is 0 Å². The Balaban J connectivity index is 1.41. The lowest BCUT2D eigenvalue weighted by atomic mass is 10.1. The normalized spacial score (nSPS) is 15.3. The molecule has 0 spiro atoms. The Morgan fingerprint density at radius 3 is 1.92 bits per heavy atom. The Morgan fingerprint density at radius 1 is 0.760 bits per heavy atom. The van der Waals surface area contributed by atoms with Gasteiger partial charge in [0.15, 0.2) is 5.82 Å². The second-order valence-corrected chi connectivity index (χ2v) is 6.84. The second-order valence-electron chi connectivity index (χ2n) is 6.84. The fourth-order valence-corrected chi connectivity index (χ4v) is 3.22. The smallest absolute Gasteiger partial charge is 0.160 e. The van der Waals surface area contributed by atoms with Crippen LogP contribution in [0, 0.1) is 0 Å². The summed E-state index contributed by atoms with van der Waals surface area (Å²) in [7, 11) is 0. The van der Waals surface area contributed by atoms with Crippen molar-refractivity contribution in [1.82, 2.24) is 4.90 Å². The lowest BCUT2D eigenvalue weighted by Crippen LogP contribution is -2.19. The van der Waals surface area contributed by atoms with E-state index in [-0.39, 0.29) is 0 Å². The standard InChI is InChI=1S/C22H29N3/c1-2-3-4-5-6-7-8-11-16-25-17-14-19(15-18-25)22-23-20-12-9-10-13-21(20)24-22/h9-10,12-15,17-18H,2-8,11,16H2,1H3. The fourth-order valence-electron chi connectivity index (χ4n) is 3.22. The van der Waals surface area contributed by atoms with Crippen molar-refractivity contribution in [3.8, 4) is 0 Å². The minimum atomic E-state index is 0.820. The Kier molecular flexibility index (Phi) is 6.61. The maximum absolute atomic E-state index is 4.61. The summed E-state index contributed by atoms with van der Waals surface area (Å²) in [5.74, 6) is 0.820. The zero-order valence-electron chi connectivity index (χ0n) is 15.3. The Hall–Kier alpha value is -2.16. The van der Waals surface area contributed by atoms with Gasteiger partial charge >= 0.3 is 0 Å². The van der Waals surface area contributed by atoms with Gasteiger partial charge in [0, 0.05) is 24.5 Å². The topological polar surface area (TPSA) is 28.0 Å². The van der Waals surface area contributed by atoms with Crippen molar-refractivity contribution in [2.24, 2.45) is 9.98 Å². The molecule has 0 saturated heterocycles. The maximum Gasteiger partial charge on any atom is 0.160 e. The molecule has 0 saturated carbocycles. The molecule has 1 aromatic rings. The van der Waals surface area contributed by atoms with Gasteiger partial charge in [-0.05, 0) is 30.7 Å². The minimum absolute atomic E-state index is 0.820. The van der Waals surface area contributed by atoms with Crippen LogP contribution in [0.15, 0.2) is 70.2 Å². The van der Waals surface area contributed by atoms with Crippen molar-refractivity contribution in [2.75, 3.05) is 6.54 Å². The molecule has 0 unspecified atom stereocenters. The molecule has 25 heavy (non-hydrogen) atoms. The van der Waals surface area contributed by atoms with Crippen LogP contribution < -0.4 is 10.7 Å². The lowest BCUT2D eigenvalue weighted by molar-refractivity contribution is 0.462. The van der Waals surface area contributed by atoms with Crippen LogP contribution in [0.25, 0.3) is 0 Å². The summed E-state index contributed by atoms with van der Waals surface area (Å²) in [6.07, 6.45) is 19.4. The predicted octanol–water partition coefficient (Wildman–Crippen LogP) is 4.63. The highest BCUT2D eigenvalue weighted by molar-refractivity contribution is 5.38. The molecule has 0 amide bonds. The van der Waals surface area contributed by atoms with E-state index < -0.39 is 0 Å². The maximum atomic E-state index is 4.61. The summed E-state index contributed by atoms with van der Waals surface area (Å²) in [6, 6.07) is 8.03. The van der Waals surface area contributed by atoms with Gasteiger partial charge in [0.25, 0.3) is 0 Å². The van der Waals surface area contributed by atoms with E-state index in [2.05, 4.69) is 46.4 Å². The van der Waals surface area contributed by atoms with E-state index in [0.29, 0.717) is 0 Å². The second kappa shape index (κ2) is 9.36. The van der Waals surface area contributed by atoms with E-state index >= 15 is 0 Å². The van der Waals surface area contributed by atoms with Gasteiger partial charge in [-0.1, -0.05) is 64.0 Å². The van der Waals surface area contributed by atoms with Crippen molar-refractivity contribution >= 4 is 0 Å². The first-order chi connectivity index (χ1) is 12.4. The van der Waals surface area contributed by atoms with Crippen LogP contribution in [-0.4, -0.2) is 11.4 Å². The first-order valence-corrected chi connectivity index (χ1v) is 9.76. The summed E-state index contributed by atoms with van der Waals surface area (Å²) in [5.41, 5.74) is 1.09. The number of nitrogens with zero attached hydrogens (tertiary/aromatic N) is 3. The number of unbranched alkanes of at least 4 members (excludes halogenated alkanes) is 7. The third-order valence-electron chi connectivity index (χ3n) is 4.75. The molecule has 3 heteroatoms. The van der Waals surface area contributed by atoms with Gasteiger partial charge in [-0.15, -0.1) is 0 Å². The van der Waals surface area contributed by atoms with Gasteiger partial charge in [-0.25, -0.2) is 9.98 Å². The molecule has 132 valence electrons. The van der Waals surface area contributed by atoms with Crippen LogP contribution in [0.2, 0.25) is 0 Å². The predicted molar refractivity (Wildman–Crippen MR) is 103 cm³/mol. The molecular weight excluding hydrogens is 306 g/mol. The molecular formula is C22H29N3. The van der Waals surface area contributed by atoms with Gasteiger partial charge in [0.05, 0.1) is 10.7 Å². The quantitative estimate of drug-likeness (QED) is 0.604. The van der Waals surface area contributed by atoms with Crippen molar-refractivity contribution < 1.29 is 0 Å². The molecule has 0 radical (unpaired) electrons. The number of benzene rings is 1. The van der Waals surface area contributed by atoms with Crippen LogP contribution in [0.3, 0.4) is 0 Å². The SMILES string of the molecule is CCCCCCCCCCN1C=CC(=C2N=c3ccccc3=N2)C=C1. The molecule has 2 aliphatic heterocycles. The van der Waals surface area contributed by atoms with E-state index in [0.717, 1.165) is 28.7 Å². The van der Waals surface area contributed by atoms with Crippen LogP contribution in [-0.2, 0) is 0 Å². The van der Waals surface area contributed by atoms with Crippen LogP contribution >= 0.6 is 0 Å². The average molecular weight is 335 g/mol. The highest BCUT2D eigenvalue weighted by Gasteiger charge is 2.08. The summed E-state index contributed by atoms with van der Waals surface area (Å²) in [5, 5.41) is 1.93. The number of rotatable bonds is 9. The Morgan fingerprint density at radius 2 is 1.32 bits per heavy atom. The third kappa shape index (κ3) is 5.15. The fraction of sp³-hybridized carbons (Fsp3) is 0.455. The summed E-state index contributed by atoms with van der Waals surface area (Å²) >= 11 is 0. The summed E-state index contributed by atoms with van der Waals surface area (Å²) in [4.78, 5) is 11.5.